The van der Waals surface area contributed by atoms with Gasteiger partial charge in [0.25, 0.3) is 0 Å². The summed E-state index contributed by atoms with van der Waals surface area (Å²) in [4.78, 5) is 11.4. The molecular weight excluding hydrogens is 360 g/mol. The van der Waals surface area contributed by atoms with Crippen LogP contribution in [0.1, 0.15) is 25.5 Å². The van der Waals surface area contributed by atoms with Gasteiger partial charge in [0, 0.05) is 16.8 Å². The van der Waals surface area contributed by atoms with Crippen molar-refractivity contribution in [3.05, 3.63) is 52.4 Å². The maximum absolute atomic E-state index is 11.7. The predicted octanol–water partition coefficient (Wildman–Crippen LogP) is 3.91. The van der Waals surface area contributed by atoms with E-state index in [1.54, 1.807) is 6.07 Å². The number of fused-ring (bicyclic) bond motifs is 6. The molecule has 5 heteroatoms. The number of ether oxygens (including phenoxy) is 1. The maximum atomic E-state index is 11.7. The first-order valence-electron chi connectivity index (χ1n) is 7.40. The summed E-state index contributed by atoms with van der Waals surface area (Å²) < 4.78 is 11.6. The van der Waals surface area contributed by atoms with Gasteiger partial charge in [0.2, 0.25) is 0 Å². The number of hydrogen-bond donors (Lipinski definition) is 1. The average Bonchev–Trinajstić information content (AvgIpc) is 2.52. The number of hydrogen-bond acceptors (Lipinski definition) is 4. The topological polar surface area (TPSA) is 59.7 Å². The number of rotatable bonds is 0. The van der Waals surface area contributed by atoms with Crippen molar-refractivity contribution in [1.82, 2.24) is 0 Å². The van der Waals surface area contributed by atoms with Crippen LogP contribution in [0.2, 0.25) is 0 Å². The van der Waals surface area contributed by atoms with Crippen molar-refractivity contribution in [2.24, 2.45) is 0 Å². The van der Waals surface area contributed by atoms with Gasteiger partial charge in [0.05, 0.1) is 10.4 Å². The third kappa shape index (κ3) is 2.03. The van der Waals surface area contributed by atoms with E-state index in [0.717, 1.165) is 16.2 Å². The molecule has 2 atom stereocenters. The van der Waals surface area contributed by atoms with Gasteiger partial charge in [-0.3, -0.25) is 0 Å². The van der Waals surface area contributed by atoms with Crippen molar-refractivity contribution in [3.8, 4) is 5.75 Å². The fraction of sp³-hybridized carbons (Fsp3) is 0.278. The largest absolute Gasteiger partial charge is 0.485 e. The van der Waals surface area contributed by atoms with Crippen molar-refractivity contribution < 1.29 is 14.3 Å². The summed E-state index contributed by atoms with van der Waals surface area (Å²) in [6, 6.07) is 10.9. The molecule has 23 heavy (non-hydrogen) atoms. The Kier molecular flexibility index (Phi) is 3.09. The van der Waals surface area contributed by atoms with E-state index in [-0.39, 0.29) is 4.83 Å². The predicted molar refractivity (Wildman–Crippen MR) is 92.4 cm³/mol. The minimum absolute atomic E-state index is 0.322. The molecule has 2 unspecified atom stereocenters. The van der Waals surface area contributed by atoms with Gasteiger partial charge in [0.1, 0.15) is 23.0 Å². The van der Waals surface area contributed by atoms with Crippen LogP contribution in [0.4, 0.5) is 0 Å². The lowest BCUT2D eigenvalue weighted by Crippen LogP contribution is -2.45. The zero-order valence-electron chi connectivity index (χ0n) is 12.7. The van der Waals surface area contributed by atoms with E-state index in [4.69, 9.17) is 9.15 Å². The minimum atomic E-state index is -0.841. The molecule has 0 fully saturated rings. The van der Waals surface area contributed by atoms with Gasteiger partial charge in [-0.05, 0) is 25.3 Å². The molecule has 0 radical (unpaired) electrons. The van der Waals surface area contributed by atoms with Crippen LogP contribution in [0.15, 0.2) is 45.6 Å². The van der Waals surface area contributed by atoms with Crippen LogP contribution < -0.4 is 10.4 Å². The first kappa shape index (κ1) is 14.7. The van der Waals surface area contributed by atoms with Crippen molar-refractivity contribution in [2.45, 2.75) is 30.4 Å². The highest BCUT2D eigenvalue weighted by molar-refractivity contribution is 9.09. The molecule has 0 saturated carbocycles. The number of aliphatic hydroxyl groups excluding tert-OH is 1. The Morgan fingerprint density at radius 2 is 1.78 bits per heavy atom. The standard InChI is InChI=1S/C18H15BrO4/c1-18(2)17(19)14(21)13-15-11(7-8-12(20)22-15)9-5-3-4-6-10(9)16(13)23-18/h3-8,14,17,21H,1-2H3. The Morgan fingerprint density at radius 1 is 1.09 bits per heavy atom. The van der Waals surface area contributed by atoms with Crippen molar-refractivity contribution in [2.75, 3.05) is 0 Å². The third-order valence-electron chi connectivity index (χ3n) is 4.39. The molecule has 2 heterocycles. The summed E-state index contributed by atoms with van der Waals surface area (Å²) >= 11 is 3.52. The number of alkyl halides is 1. The summed E-state index contributed by atoms with van der Waals surface area (Å²) in [5.74, 6) is 0.579. The SMILES string of the molecule is CC1(C)Oc2c(c3oc(=O)ccc3c3ccccc23)C(O)C1Br. The van der Waals surface area contributed by atoms with Crippen molar-refractivity contribution >= 4 is 37.7 Å². The molecule has 2 aromatic carbocycles. The van der Waals surface area contributed by atoms with E-state index in [2.05, 4.69) is 15.9 Å². The molecule has 118 valence electrons. The Labute approximate surface area is 140 Å². The highest BCUT2D eigenvalue weighted by Gasteiger charge is 2.44. The molecule has 0 spiro atoms. The van der Waals surface area contributed by atoms with Crippen molar-refractivity contribution in [1.29, 1.82) is 0 Å². The fourth-order valence-electron chi connectivity index (χ4n) is 3.22. The van der Waals surface area contributed by atoms with E-state index in [9.17, 15) is 9.90 Å². The lowest BCUT2D eigenvalue weighted by atomic mass is 9.88. The van der Waals surface area contributed by atoms with Crippen LogP contribution in [-0.2, 0) is 0 Å². The van der Waals surface area contributed by atoms with Crippen LogP contribution in [-0.4, -0.2) is 15.5 Å². The van der Waals surface area contributed by atoms with Crippen LogP contribution in [0.3, 0.4) is 0 Å². The lowest BCUT2D eigenvalue weighted by Gasteiger charge is -2.40. The first-order chi connectivity index (χ1) is 10.9. The summed E-state index contributed by atoms with van der Waals surface area (Å²) in [6.07, 6.45) is -0.841. The first-order valence-corrected chi connectivity index (χ1v) is 8.31. The second-order valence-corrected chi connectivity index (χ2v) is 7.32. The molecule has 0 bridgehead atoms. The van der Waals surface area contributed by atoms with E-state index in [1.165, 1.54) is 6.07 Å². The van der Waals surface area contributed by atoms with Gasteiger partial charge >= 0.3 is 5.63 Å². The molecule has 0 saturated heterocycles. The summed E-state index contributed by atoms with van der Waals surface area (Å²) in [6.45, 7) is 3.83. The highest BCUT2D eigenvalue weighted by atomic mass is 79.9. The molecule has 0 aliphatic carbocycles. The number of benzene rings is 2. The van der Waals surface area contributed by atoms with E-state index in [1.807, 2.05) is 38.1 Å². The summed E-state index contributed by atoms with van der Waals surface area (Å²) in [7, 11) is 0. The number of halogens is 1. The highest BCUT2D eigenvalue weighted by Crippen LogP contribution is 2.49. The summed E-state index contributed by atoms with van der Waals surface area (Å²) in [5.41, 5.74) is -0.132. The van der Waals surface area contributed by atoms with Gasteiger partial charge in [-0.15, -0.1) is 0 Å². The smallest absolute Gasteiger partial charge is 0.336 e. The van der Waals surface area contributed by atoms with E-state index in [0.29, 0.717) is 16.9 Å². The Bertz CT molecular complexity index is 989. The third-order valence-corrected chi connectivity index (χ3v) is 5.99. The molecule has 1 aliphatic rings. The molecule has 0 amide bonds. The average molecular weight is 375 g/mol. The molecule has 1 aliphatic heterocycles. The second-order valence-electron chi connectivity index (χ2n) is 6.34. The molecule has 3 aromatic rings. The Hall–Kier alpha value is -1.85. The van der Waals surface area contributed by atoms with Gasteiger partial charge in [-0.25, -0.2) is 4.79 Å². The van der Waals surface area contributed by atoms with Crippen LogP contribution >= 0.6 is 15.9 Å². The van der Waals surface area contributed by atoms with E-state index >= 15 is 0 Å². The van der Waals surface area contributed by atoms with E-state index < -0.39 is 17.3 Å². The van der Waals surface area contributed by atoms with Gasteiger partial charge in [-0.1, -0.05) is 40.2 Å². The van der Waals surface area contributed by atoms with Gasteiger partial charge < -0.3 is 14.3 Å². The second kappa shape index (κ2) is 4.82. The Balaban J connectivity index is 2.24. The molecular formula is C18H15BrO4. The zero-order chi connectivity index (χ0) is 16.4. The zero-order valence-corrected chi connectivity index (χ0v) is 14.3. The minimum Gasteiger partial charge on any atom is -0.485 e. The number of aliphatic hydroxyl groups is 1. The van der Waals surface area contributed by atoms with Gasteiger partial charge in [-0.2, -0.15) is 0 Å². The van der Waals surface area contributed by atoms with Gasteiger partial charge in [0.15, 0.2) is 0 Å². The van der Waals surface area contributed by atoms with Crippen LogP contribution in [0.25, 0.3) is 21.7 Å². The molecule has 1 N–H and O–H groups in total. The fourth-order valence-corrected chi connectivity index (χ4v) is 3.58. The van der Waals surface area contributed by atoms with Crippen molar-refractivity contribution in [3.63, 3.8) is 0 Å². The quantitative estimate of drug-likeness (QED) is 0.368. The summed E-state index contributed by atoms with van der Waals surface area (Å²) in [5, 5.41) is 13.4. The Morgan fingerprint density at radius 3 is 2.52 bits per heavy atom. The normalized spacial score (nSPS) is 22.8. The molecule has 4 nitrogen and oxygen atoms in total. The lowest BCUT2D eigenvalue weighted by molar-refractivity contribution is 0.0245. The molecule has 1 aromatic heterocycles. The monoisotopic (exact) mass is 374 g/mol. The van der Waals surface area contributed by atoms with Crippen LogP contribution in [0.5, 0.6) is 5.75 Å². The molecule has 4 rings (SSSR count). The van der Waals surface area contributed by atoms with Crippen LogP contribution in [0, 0.1) is 0 Å². The maximum Gasteiger partial charge on any atom is 0.336 e.